The van der Waals surface area contributed by atoms with Gasteiger partial charge < -0.3 is 4.90 Å². The first kappa shape index (κ1) is 14.0. The molecule has 1 aromatic rings. The molecule has 2 aliphatic carbocycles. The Balaban J connectivity index is 1.80. The van der Waals surface area contributed by atoms with Gasteiger partial charge in [0.25, 0.3) is 5.91 Å². The highest BCUT2D eigenvalue weighted by molar-refractivity contribution is 5.95. The van der Waals surface area contributed by atoms with Crippen LogP contribution in [0.4, 0.5) is 10.1 Å². The van der Waals surface area contributed by atoms with E-state index in [2.05, 4.69) is 0 Å². The van der Waals surface area contributed by atoms with Crippen LogP contribution in [0, 0.1) is 27.8 Å². The van der Waals surface area contributed by atoms with Crippen molar-refractivity contribution in [3.8, 4) is 0 Å². The Hall–Kier alpha value is -1.98. The molecule has 0 N–H and O–H groups in total. The molecule has 0 atom stereocenters. The lowest BCUT2D eigenvalue weighted by atomic mass is 10.1. The Labute approximate surface area is 121 Å². The van der Waals surface area contributed by atoms with Crippen molar-refractivity contribution >= 4 is 11.6 Å². The maximum atomic E-state index is 13.4. The van der Waals surface area contributed by atoms with Gasteiger partial charge in [0.1, 0.15) is 0 Å². The molecular weight excluding hydrogens is 275 g/mol. The normalized spacial score (nSPS) is 17.6. The van der Waals surface area contributed by atoms with E-state index in [9.17, 15) is 19.3 Å². The summed E-state index contributed by atoms with van der Waals surface area (Å²) in [5.41, 5.74) is -0.442. The number of hydrogen-bond donors (Lipinski definition) is 0. The lowest BCUT2D eigenvalue weighted by molar-refractivity contribution is -0.387. The molecule has 5 nitrogen and oxygen atoms in total. The molecule has 0 spiro atoms. The van der Waals surface area contributed by atoms with Gasteiger partial charge in [-0.15, -0.1) is 0 Å². The Kier molecular flexibility index (Phi) is 3.61. The van der Waals surface area contributed by atoms with E-state index in [1.807, 2.05) is 0 Å². The summed E-state index contributed by atoms with van der Waals surface area (Å²) >= 11 is 0. The SMILES string of the molecule is O=C(c1ccc(F)c([N+](=O)[O-])c1)N(CC1CC1)CC1CC1. The van der Waals surface area contributed by atoms with E-state index < -0.39 is 16.4 Å². The number of nitro groups is 1. The zero-order valence-electron chi connectivity index (χ0n) is 11.6. The van der Waals surface area contributed by atoms with Gasteiger partial charge in [0, 0.05) is 24.7 Å². The van der Waals surface area contributed by atoms with E-state index in [4.69, 9.17) is 0 Å². The smallest absolute Gasteiger partial charge is 0.305 e. The lowest BCUT2D eigenvalue weighted by Gasteiger charge is -2.22. The standard InChI is InChI=1S/C15H17FN2O3/c16-13-6-5-12(7-14(13)18(20)21)15(19)17(8-10-1-2-10)9-11-3-4-11/h5-7,10-11H,1-4,8-9H2. The van der Waals surface area contributed by atoms with Crippen LogP contribution in [0.15, 0.2) is 18.2 Å². The van der Waals surface area contributed by atoms with Gasteiger partial charge in [0.2, 0.25) is 5.82 Å². The largest absolute Gasteiger partial charge is 0.338 e. The number of hydrogen-bond acceptors (Lipinski definition) is 3. The second-order valence-corrected chi connectivity index (χ2v) is 6.02. The highest BCUT2D eigenvalue weighted by atomic mass is 19.1. The van der Waals surface area contributed by atoms with Crippen molar-refractivity contribution in [1.29, 1.82) is 0 Å². The molecular formula is C15H17FN2O3. The van der Waals surface area contributed by atoms with Crippen LogP contribution in [0.1, 0.15) is 36.0 Å². The molecule has 21 heavy (non-hydrogen) atoms. The van der Waals surface area contributed by atoms with Crippen molar-refractivity contribution in [3.05, 3.63) is 39.7 Å². The third-order valence-corrected chi connectivity index (χ3v) is 4.03. The van der Waals surface area contributed by atoms with E-state index in [1.165, 1.54) is 6.07 Å². The maximum Gasteiger partial charge on any atom is 0.305 e. The first-order valence-corrected chi connectivity index (χ1v) is 7.28. The molecule has 2 fully saturated rings. The molecule has 0 aliphatic heterocycles. The summed E-state index contributed by atoms with van der Waals surface area (Å²) in [6.45, 7) is 1.42. The minimum atomic E-state index is -0.910. The van der Waals surface area contributed by atoms with Gasteiger partial charge in [-0.1, -0.05) is 0 Å². The molecule has 6 heteroatoms. The van der Waals surface area contributed by atoms with Crippen LogP contribution in [0.2, 0.25) is 0 Å². The summed E-state index contributed by atoms with van der Waals surface area (Å²) in [5.74, 6) is -0.0179. The minimum absolute atomic E-state index is 0.199. The lowest BCUT2D eigenvalue weighted by Crippen LogP contribution is -2.34. The van der Waals surface area contributed by atoms with Crippen molar-refractivity contribution < 1.29 is 14.1 Å². The first-order valence-electron chi connectivity index (χ1n) is 7.28. The average Bonchev–Trinajstić information content (AvgIpc) is 3.32. The van der Waals surface area contributed by atoms with E-state index in [1.54, 1.807) is 4.90 Å². The number of carbonyl (C=O) groups excluding carboxylic acids is 1. The predicted octanol–water partition coefficient (Wildman–Crippen LogP) is 3.00. The summed E-state index contributed by atoms with van der Waals surface area (Å²) in [6.07, 6.45) is 4.55. The zero-order valence-corrected chi connectivity index (χ0v) is 11.6. The molecule has 2 saturated carbocycles. The monoisotopic (exact) mass is 292 g/mol. The highest BCUT2D eigenvalue weighted by Gasteiger charge is 2.32. The molecule has 3 rings (SSSR count). The van der Waals surface area contributed by atoms with Crippen molar-refractivity contribution in [2.75, 3.05) is 13.1 Å². The molecule has 112 valence electrons. The molecule has 0 unspecified atom stereocenters. The number of nitro benzene ring substituents is 1. The van der Waals surface area contributed by atoms with Crippen LogP contribution < -0.4 is 0 Å². The Bertz CT molecular complexity index is 568. The van der Waals surface area contributed by atoms with Gasteiger partial charge >= 0.3 is 5.69 Å². The third kappa shape index (κ3) is 3.37. The second-order valence-electron chi connectivity index (χ2n) is 6.02. The fourth-order valence-electron chi connectivity index (χ4n) is 2.43. The van der Waals surface area contributed by atoms with Gasteiger partial charge in [-0.25, -0.2) is 0 Å². The van der Waals surface area contributed by atoms with Crippen molar-refractivity contribution in [2.24, 2.45) is 11.8 Å². The average molecular weight is 292 g/mol. The van der Waals surface area contributed by atoms with E-state index in [0.29, 0.717) is 24.9 Å². The predicted molar refractivity (Wildman–Crippen MR) is 74.4 cm³/mol. The number of nitrogens with zero attached hydrogens (tertiary/aromatic N) is 2. The van der Waals surface area contributed by atoms with Crippen LogP contribution >= 0.6 is 0 Å². The zero-order chi connectivity index (χ0) is 15.0. The van der Waals surface area contributed by atoms with Crippen molar-refractivity contribution in [3.63, 3.8) is 0 Å². The Morgan fingerprint density at radius 3 is 2.29 bits per heavy atom. The molecule has 2 aliphatic rings. The maximum absolute atomic E-state index is 13.4. The number of amides is 1. The van der Waals surface area contributed by atoms with E-state index >= 15 is 0 Å². The van der Waals surface area contributed by atoms with Crippen molar-refractivity contribution in [1.82, 2.24) is 4.90 Å². The number of rotatable bonds is 6. The quantitative estimate of drug-likeness (QED) is 0.598. The van der Waals surface area contributed by atoms with Gasteiger partial charge in [-0.3, -0.25) is 14.9 Å². The summed E-state index contributed by atoms with van der Waals surface area (Å²) in [5, 5.41) is 10.8. The molecule has 0 aromatic heterocycles. The third-order valence-electron chi connectivity index (χ3n) is 4.03. The van der Waals surface area contributed by atoms with Crippen LogP contribution in [-0.4, -0.2) is 28.8 Å². The second kappa shape index (κ2) is 5.42. The molecule has 0 bridgehead atoms. The Morgan fingerprint density at radius 1 is 1.24 bits per heavy atom. The molecule has 0 heterocycles. The number of benzene rings is 1. The van der Waals surface area contributed by atoms with Gasteiger partial charge in [-0.05, 0) is 49.7 Å². The van der Waals surface area contributed by atoms with Crippen LogP contribution in [-0.2, 0) is 0 Å². The molecule has 1 aromatic carbocycles. The van der Waals surface area contributed by atoms with Gasteiger partial charge in [0.05, 0.1) is 4.92 Å². The molecule has 1 amide bonds. The number of carbonyl (C=O) groups is 1. The summed E-state index contributed by atoms with van der Waals surface area (Å²) in [6, 6.07) is 3.37. The van der Waals surface area contributed by atoms with Crippen molar-refractivity contribution in [2.45, 2.75) is 25.7 Å². The van der Waals surface area contributed by atoms with E-state index in [-0.39, 0.29) is 11.5 Å². The summed E-state index contributed by atoms with van der Waals surface area (Å²) < 4.78 is 13.4. The first-order chi connectivity index (χ1) is 10.0. The Morgan fingerprint density at radius 2 is 1.81 bits per heavy atom. The topological polar surface area (TPSA) is 63.4 Å². The van der Waals surface area contributed by atoms with Gasteiger partial charge in [0.15, 0.2) is 0 Å². The minimum Gasteiger partial charge on any atom is -0.338 e. The van der Waals surface area contributed by atoms with Crippen LogP contribution in [0.5, 0.6) is 0 Å². The summed E-state index contributed by atoms with van der Waals surface area (Å²) in [7, 11) is 0. The molecule has 0 radical (unpaired) electrons. The molecule has 0 saturated heterocycles. The number of halogens is 1. The summed E-state index contributed by atoms with van der Waals surface area (Å²) in [4.78, 5) is 24.3. The van der Waals surface area contributed by atoms with Crippen LogP contribution in [0.3, 0.4) is 0 Å². The fourth-order valence-corrected chi connectivity index (χ4v) is 2.43. The van der Waals surface area contributed by atoms with Crippen LogP contribution in [0.25, 0.3) is 0 Å². The fraction of sp³-hybridized carbons (Fsp3) is 0.533. The van der Waals surface area contributed by atoms with Gasteiger partial charge in [-0.2, -0.15) is 4.39 Å². The highest BCUT2D eigenvalue weighted by Crippen LogP contribution is 2.34. The van der Waals surface area contributed by atoms with E-state index in [0.717, 1.165) is 37.8 Å².